The quantitative estimate of drug-likeness (QED) is 0.438. The standard InChI is InChI=1S/C21H18N2O3S2/c24-20(19-12-23-21(28-19)18-7-3-9-27-18)22-11-15-4-1-5-16(10-15)13-25-14-17-6-2-8-26-17/h1-10,12H,11,13-14H2,(H,22,24). The van der Waals surface area contributed by atoms with Gasteiger partial charge in [0, 0.05) is 6.54 Å². The van der Waals surface area contributed by atoms with Crippen LogP contribution in [0.4, 0.5) is 0 Å². The van der Waals surface area contributed by atoms with Gasteiger partial charge in [-0.2, -0.15) is 0 Å². The van der Waals surface area contributed by atoms with Gasteiger partial charge in [-0.25, -0.2) is 4.98 Å². The molecule has 3 aromatic heterocycles. The largest absolute Gasteiger partial charge is 0.467 e. The minimum absolute atomic E-state index is 0.111. The summed E-state index contributed by atoms with van der Waals surface area (Å²) in [5.41, 5.74) is 2.08. The average molecular weight is 411 g/mol. The molecule has 0 atom stereocenters. The maximum absolute atomic E-state index is 12.4. The van der Waals surface area contributed by atoms with E-state index in [0.717, 1.165) is 26.8 Å². The summed E-state index contributed by atoms with van der Waals surface area (Å²) in [6, 6.07) is 15.7. The lowest BCUT2D eigenvalue weighted by Crippen LogP contribution is -2.21. The molecule has 0 spiro atoms. The fraction of sp³-hybridized carbons (Fsp3) is 0.143. The van der Waals surface area contributed by atoms with Gasteiger partial charge in [-0.05, 0) is 34.7 Å². The number of amides is 1. The van der Waals surface area contributed by atoms with Gasteiger partial charge in [0.15, 0.2) is 0 Å². The van der Waals surface area contributed by atoms with E-state index in [9.17, 15) is 4.79 Å². The van der Waals surface area contributed by atoms with Crippen molar-refractivity contribution in [2.45, 2.75) is 19.8 Å². The highest BCUT2D eigenvalue weighted by atomic mass is 32.1. The summed E-state index contributed by atoms with van der Waals surface area (Å²) in [7, 11) is 0. The van der Waals surface area contributed by atoms with Crippen molar-refractivity contribution in [2.24, 2.45) is 0 Å². The molecule has 142 valence electrons. The van der Waals surface area contributed by atoms with Crippen LogP contribution in [0.2, 0.25) is 0 Å². The third-order valence-electron chi connectivity index (χ3n) is 4.00. The Morgan fingerprint density at radius 2 is 2.04 bits per heavy atom. The molecule has 7 heteroatoms. The fourth-order valence-corrected chi connectivity index (χ4v) is 4.29. The van der Waals surface area contributed by atoms with Crippen LogP contribution in [0.3, 0.4) is 0 Å². The lowest BCUT2D eigenvalue weighted by molar-refractivity contribution is 0.0928. The van der Waals surface area contributed by atoms with Gasteiger partial charge < -0.3 is 14.5 Å². The monoisotopic (exact) mass is 410 g/mol. The lowest BCUT2D eigenvalue weighted by Gasteiger charge is -2.07. The Hall–Kier alpha value is -2.74. The van der Waals surface area contributed by atoms with Crippen LogP contribution in [-0.4, -0.2) is 10.9 Å². The normalized spacial score (nSPS) is 10.9. The van der Waals surface area contributed by atoms with Gasteiger partial charge in [0.2, 0.25) is 0 Å². The molecule has 0 fully saturated rings. The second-order valence-corrected chi connectivity index (χ2v) is 8.06. The Morgan fingerprint density at radius 1 is 1.11 bits per heavy atom. The Kier molecular flexibility index (Phi) is 5.96. The molecule has 0 saturated carbocycles. The van der Waals surface area contributed by atoms with E-state index in [4.69, 9.17) is 9.15 Å². The molecular weight excluding hydrogens is 392 g/mol. The minimum Gasteiger partial charge on any atom is -0.467 e. The molecule has 0 aliphatic rings. The lowest BCUT2D eigenvalue weighted by atomic mass is 10.1. The topological polar surface area (TPSA) is 64.4 Å². The number of ether oxygens (including phenoxy) is 1. The third kappa shape index (κ3) is 4.75. The molecule has 0 aliphatic carbocycles. The van der Waals surface area contributed by atoms with Gasteiger partial charge in [0.05, 0.1) is 23.9 Å². The first kappa shape index (κ1) is 18.6. The van der Waals surface area contributed by atoms with Crippen LogP contribution in [-0.2, 0) is 24.5 Å². The van der Waals surface area contributed by atoms with Crippen LogP contribution in [0.25, 0.3) is 9.88 Å². The summed E-state index contributed by atoms with van der Waals surface area (Å²) in [6.07, 6.45) is 3.27. The zero-order valence-corrected chi connectivity index (χ0v) is 16.6. The molecule has 3 heterocycles. The van der Waals surface area contributed by atoms with Crippen molar-refractivity contribution in [1.29, 1.82) is 0 Å². The van der Waals surface area contributed by atoms with E-state index in [1.165, 1.54) is 11.3 Å². The molecule has 0 aliphatic heterocycles. The molecule has 5 nitrogen and oxygen atoms in total. The summed E-state index contributed by atoms with van der Waals surface area (Å²) in [5.74, 6) is 0.690. The third-order valence-corrected chi connectivity index (χ3v) is 6.03. The van der Waals surface area contributed by atoms with Gasteiger partial charge in [0.1, 0.15) is 22.3 Å². The first-order chi connectivity index (χ1) is 13.8. The van der Waals surface area contributed by atoms with Crippen molar-refractivity contribution in [2.75, 3.05) is 0 Å². The number of aromatic nitrogens is 1. The highest BCUT2D eigenvalue weighted by Crippen LogP contribution is 2.28. The Labute approximate surface area is 170 Å². The fourth-order valence-electron chi connectivity index (χ4n) is 2.66. The number of nitrogens with zero attached hydrogens (tertiary/aromatic N) is 1. The van der Waals surface area contributed by atoms with E-state index in [0.29, 0.717) is 24.6 Å². The van der Waals surface area contributed by atoms with E-state index in [1.54, 1.807) is 23.8 Å². The molecule has 1 aromatic carbocycles. The van der Waals surface area contributed by atoms with Crippen molar-refractivity contribution in [1.82, 2.24) is 10.3 Å². The molecular formula is C21H18N2O3S2. The van der Waals surface area contributed by atoms with Crippen molar-refractivity contribution in [3.05, 3.63) is 88.1 Å². The van der Waals surface area contributed by atoms with Gasteiger partial charge in [-0.15, -0.1) is 22.7 Å². The smallest absolute Gasteiger partial charge is 0.263 e. The van der Waals surface area contributed by atoms with E-state index < -0.39 is 0 Å². The zero-order valence-electron chi connectivity index (χ0n) is 15.0. The predicted octanol–water partition coefficient (Wildman–Crippen LogP) is 5.11. The molecule has 28 heavy (non-hydrogen) atoms. The molecule has 1 amide bonds. The number of nitrogens with one attached hydrogen (secondary N) is 1. The van der Waals surface area contributed by atoms with Crippen LogP contribution in [0, 0.1) is 0 Å². The molecule has 4 aromatic rings. The molecule has 1 N–H and O–H groups in total. The summed E-state index contributed by atoms with van der Waals surface area (Å²) in [4.78, 5) is 18.5. The molecule has 0 radical (unpaired) electrons. The number of hydrogen-bond donors (Lipinski definition) is 1. The number of thiophene rings is 1. The van der Waals surface area contributed by atoms with Crippen molar-refractivity contribution in [3.8, 4) is 9.88 Å². The highest BCUT2D eigenvalue weighted by Gasteiger charge is 2.12. The average Bonchev–Trinajstić information content (AvgIpc) is 3.48. The molecule has 0 bridgehead atoms. The van der Waals surface area contributed by atoms with Crippen molar-refractivity contribution < 1.29 is 13.9 Å². The Morgan fingerprint density at radius 3 is 2.86 bits per heavy atom. The van der Waals surface area contributed by atoms with Crippen molar-refractivity contribution >= 4 is 28.6 Å². The minimum atomic E-state index is -0.111. The van der Waals surface area contributed by atoms with Crippen LogP contribution in [0.1, 0.15) is 26.6 Å². The molecule has 4 rings (SSSR count). The first-order valence-electron chi connectivity index (χ1n) is 8.74. The number of benzene rings is 1. The van der Waals surface area contributed by atoms with Gasteiger partial charge in [-0.3, -0.25) is 4.79 Å². The number of hydrogen-bond acceptors (Lipinski definition) is 6. The Balaban J connectivity index is 1.30. The summed E-state index contributed by atoms with van der Waals surface area (Å²) in [6.45, 7) is 1.38. The number of furan rings is 1. The second-order valence-electron chi connectivity index (χ2n) is 6.08. The number of carbonyl (C=O) groups is 1. The molecule has 0 unspecified atom stereocenters. The number of thiazole rings is 1. The van der Waals surface area contributed by atoms with E-state index in [1.807, 2.05) is 53.9 Å². The van der Waals surface area contributed by atoms with Gasteiger partial charge in [0.25, 0.3) is 5.91 Å². The van der Waals surface area contributed by atoms with Gasteiger partial charge >= 0.3 is 0 Å². The van der Waals surface area contributed by atoms with Crippen LogP contribution < -0.4 is 5.32 Å². The number of carbonyl (C=O) groups excluding carboxylic acids is 1. The highest BCUT2D eigenvalue weighted by molar-refractivity contribution is 7.21. The molecule has 0 saturated heterocycles. The first-order valence-corrected chi connectivity index (χ1v) is 10.4. The summed E-state index contributed by atoms with van der Waals surface area (Å²) in [5, 5.41) is 5.83. The van der Waals surface area contributed by atoms with E-state index in [-0.39, 0.29) is 5.91 Å². The van der Waals surface area contributed by atoms with Crippen LogP contribution >= 0.6 is 22.7 Å². The SMILES string of the molecule is O=C(NCc1cccc(COCc2ccco2)c1)c1cnc(-c2cccs2)s1. The number of rotatable bonds is 8. The second kappa shape index (κ2) is 8.97. The Bertz CT molecular complexity index is 1020. The predicted molar refractivity (Wildman–Crippen MR) is 110 cm³/mol. The van der Waals surface area contributed by atoms with E-state index in [2.05, 4.69) is 10.3 Å². The van der Waals surface area contributed by atoms with E-state index >= 15 is 0 Å². The maximum Gasteiger partial charge on any atom is 0.263 e. The maximum atomic E-state index is 12.4. The summed E-state index contributed by atoms with van der Waals surface area (Å²) < 4.78 is 10.9. The van der Waals surface area contributed by atoms with Crippen molar-refractivity contribution in [3.63, 3.8) is 0 Å². The van der Waals surface area contributed by atoms with Crippen LogP contribution in [0.5, 0.6) is 0 Å². The van der Waals surface area contributed by atoms with Crippen LogP contribution in [0.15, 0.2) is 70.8 Å². The van der Waals surface area contributed by atoms with Gasteiger partial charge in [-0.1, -0.05) is 30.3 Å². The summed E-state index contributed by atoms with van der Waals surface area (Å²) >= 11 is 3.02. The zero-order chi connectivity index (χ0) is 19.2.